The van der Waals surface area contributed by atoms with Crippen LogP contribution in [0, 0.1) is 20.8 Å². The van der Waals surface area contributed by atoms with Gasteiger partial charge in [-0.3, -0.25) is 4.79 Å². The lowest BCUT2D eigenvalue weighted by molar-refractivity contribution is -0.134. The first-order chi connectivity index (χ1) is 17.2. The minimum atomic E-state index is -3.73. The minimum Gasteiger partial charge on any atom is -0.426 e. The van der Waals surface area contributed by atoms with Gasteiger partial charge in [-0.25, -0.2) is 17.9 Å². The van der Waals surface area contributed by atoms with E-state index in [2.05, 4.69) is 4.72 Å². The zero-order valence-electron chi connectivity index (χ0n) is 20.3. The lowest BCUT2D eigenvalue weighted by Crippen LogP contribution is -2.27. The highest BCUT2D eigenvalue weighted by atomic mass is 32.2. The number of benzene rings is 3. The molecular formula is C28H27NO6S. The largest absolute Gasteiger partial charge is 0.426 e. The first-order valence-corrected chi connectivity index (χ1v) is 13.0. The summed E-state index contributed by atoms with van der Waals surface area (Å²) in [7, 11) is -3.73. The molecule has 0 radical (unpaired) electrons. The molecule has 0 amide bonds. The minimum absolute atomic E-state index is 0.112. The van der Waals surface area contributed by atoms with Gasteiger partial charge < -0.3 is 9.15 Å². The van der Waals surface area contributed by atoms with Gasteiger partial charge in [0, 0.05) is 29.5 Å². The van der Waals surface area contributed by atoms with Crippen LogP contribution in [0.4, 0.5) is 0 Å². The lowest BCUT2D eigenvalue weighted by Gasteiger charge is -2.13. The van der Waals surface area contributed by atoms with Gasteiger partial charge in [0.25, 0.3) is 0 Å². The fourth-order valence-electron chi connectivity index (χ4n) is 3.95. The van der Waals surface area contributed by atoms with Crippen molar-refractivity contribution in [1.82, 2.24) is 4.72 Å². The smallest absolute Gasteiger partial charge is 0.340 e. The monoisotopic (exact) mass is 505 g/mol. The summed E-state index contributed by atoms with van der Waals surface area (Å²) in [6, 6.07) is 19.5. The van der Waals surface area contributed by atoms with Gasteiger partial charge in [-0.15, -0.1) is 0 Å². The molecule has 0 fully saturated rings. The van der Waals surface area contributed by atoms with Crippen LogP contribution in [-0.4, -0.2) is 20.9 Å². The van der Waals surface area contributed by atoms with Crippen LogP contribution in [0.1, 0.15) is 34.2 Å². The van der Waals surface area contributed by atoms with Gasteiger partial charge in [-0.1, -0.05) is 48.0 Å². The van der Waals surface area contributed by atoms with Crippen molar-refractivity contribution in [2.24, 2.45) is 0 Å². The van der Waals surface area contributed by atoms with Crippen molar-refractivity contribution in [2.75, 3.05) is 6.54 Å². The van der Waals surface area contributed by atoms with Gasteiger partial charge in [0.1, 0.15) is 11.3 Å². The van der Waals surface area contributed by atoms with E-state index in [1.807, 2.05) is 44.2 Å². The summed E-state index contributed by atoms with van der Waals surface area (Å²) in [5, 5.41) is 0.767. The lowest BCUT2D eigenvalue weighted by atomic mass is 9.98. The Bertz CT molecular complexity index is 1570. The third-order valence-electron chi connectivity index (χ3n) is 6.05. The highest BCUT2D eigenvalue weighted by Gasteiger charge is 2.18. The summed E-state index contributed by atoms with van der Waals surface area (Å²) < 4.78 is 38.3. The van der Waals surface area contributed by atoms with E-state index < -0.39 is 21.6 Å². The average molecular weight is 506 g/mol. The van der Waals surface area contributed by atoms with E-state index in [1.165, 1.54) is 12.1 Å². The highest BCUT2D eigenvalue weighted by Crippen LogP contribution is 2.30. The molecule has 1 N–H and O–H groups in total. The van der Waals surface area contributed by atoms with E-state index in [4.69, 9.17) is 9.15 Å². The summed E-state index contributed by atoms with van der Waals surface area (Å²) in [5.41, 5.74) is 3.80. The molecule has 0 aliphatic carbocycles. The first kappa shape index (κ1) is 25.3. The second-order valence-corrected chi connectivity index (χ2v) is 10.4. The molecule has 0 aliphatic heterocycles. The zero-order chi connectivity index (χ0) is 25.9. The van der Waals surface area contributed by atoms with Crippen molar-refractivity contribution in [3.05, 3.63) is 105 Å². The molecule has 1 heterocycles. The molecule has 0 bridgehead atoms. The van der Waals surface area contributed by atoms with Crippen molar-refractivity contribution < 1.29 is 22.4 Å². The highest BCUT2D eigenvalue weighted by molar-refractivity contribution is 7.89. The van der Waals surface area contributed by atoms with Gasteiger partial charge in [0.2, 0.25) is 10.0 Å². The number of rotatable bonds is 8. The molecular weight excluding hydrogens is 478 g/mol. The second-order valence-electron chi connectivity index (χ2n) is 8.66. The number of aryl methyl sites for hydroxylation is 3. The van der Waals surface area contributed by atoms with Gasteiger partial charge in [-0.2, -0.15) is 0 Å². The van der Waals surface area contributed by atoms with Crippen LogP contribution in [0.3, 0.4) is 0 Å². The Labute approximate surface area is 209 Å². The molecule has 4 aromatic rings. The fraction of sp³-hybridized carbons (Fsp3) is 0.214. The van der Waals surface area contributed by atoms with Crippen molar-refractivity contribution in [1.29, 1.82) is 0 Å². The Morgan fingerprint density at radius 1 is 0.917 bits per heavy atom. The normalized spacial score (nSPS) is 11.5. The summed E-state index contributed by atoms with van der Waals surface area (Å²) in [6.07, 6.45) is 0.292. The van der Waals surface area contributed by atoms with Crippen molar-refractivity contribution in [2.45, 2.75) is 38.5 Å². The molecule has 186 valence electrons. The standard InChI is InChI=1S/C28H27NO6S/c1-18-9-11-22(12-10-18)36(32,33)29-16-15-26(30)34-25-14-13-23-19(2)24(17-21-7-5-4-6-8-21)28(31)35-27(23)20(25)3/h4-14,29H,15-17H2,1-3H3. The molecule has 0 unspecified atom stereocenters. The number of sulfonamides is 1. The number of nitrogens with one attached hydrogen (secondary N) is 1. The van der Waals surface area contributed by atoms with Crippen molar-refractivity contribution in [3.8, 4) is 5.75 Å². The van der Waals surface area contributed by atoms with E-state index in [0.717, 1.165) is 22.1 Å². The molecule has 36 heavy (non-hydrogen) atoms. The van der Waals surface area contributed by atoms with Crippen LogP contribution in [-0.2, 0) is 21.2 Å². The second kappa shape index (κ2) is 10.5. The Morgan fingerprint density at radius 3 is 2.31 bits per heavy atom. The summed E-state index contributed by atoms with van der Waals surface area (Å²) in [6.45, 7) is 5.34. The van der Waals surface area contributed by atoms with Crippen LogP contribution in [0.5, 0.6) is 5.75 Å². The molecule has 8 heteroatoms. The maximum atomic E-state index is 12.8. The average Bonchev–Trinajstić information content (AvgIpc) is 2.85. The summed E-state index contributed by atoms with van der Waals surface area (Å²) >= 11 is 0. The van der Waals surface area contributed by atoms with Gasteiger partial charge in [-0.05, 0) is 56.2 Å². The molecule has 0 saturated carbocycles. The molecule has 0 aliphatic rings. The van der Waals surface area contributed by atoms with E-state index in [9.17, 15) is 18.0 Å². The molecule has 7 nitrogen and oxygen atoms in total. The third kappa shape index (κ3) is 5.56. The van der Waals surface area contributed by atoms with Crippen LogP contribution in [0.15, 0.2) is 80.8 Å². The molecule has 3 aromatic carbocycles. The number of hydrogen-bond acceptors (Lipinski definition) is 6. The third-order valence-corrected chi connectivity index (χ3v) is 7.53. The van der Waals surface area contributed by atoms with E-state index in [1.54, 1.807) is 31.2 Å². The molecule has 0 atom stereocenters. The topological polar surface area (TPSA) is 103 Å². The molecule has 1 aromatic heterocycles. The fourth-order valence-corrected chi connectivity index (χ4v) is 4.98. The van der Waals surface area contributed by atoms with Crippen LogP contribution in [0.2, 0.25) is 0 Å². The summed E-state index contributed by atoms with van der Waals surface area (Å²) in [5.74, 6) is -0.351. The number of carbonyl (C=O) groups excluding carboxylic acids is 1. The van der Waals surface area contributed by atoms with Crippen molar-refractivity contribution in [3.63, 3.8) is 0 Å². The Kier molecular flexibility index (Phi) is 7.37. The van der Waals surface area contributed by atoms with Crippen molar-refractivity contribution >= 4 is 27.0 Å². The maximum absolute atomic E-state index is 12.8. The number of ether oxygens (including phenoxy) is 1. The predicted molar refractivity (Wildman–Crippen MR) is 138 cm³/mol. The Hall–Kier alpha value is -3.75. The number of esters is 1. The Balaban J connectivity index is 1.47. The predicted octanol–water partition coefficient (Wildman–Crippen LogP) is 4.58. The summed E-state index contributed by atoms with van der Waals surface area (Å²) in [4.78, 5) is 25.3. The number of hydrogen-bond donors (Lipinski definition) is 1. The van der Waals surface area contributed by atoms with E-state index in [-0.39, 0.29) is 23.6 Å². The quantitative estimate of drug-likeness (QED) is 0.214. The Morgan fingerprint density at radius 2 is 1.61 bits per heavy atom. The zero-order valence-corrected chi connectivity index (χ0v) is 21.1. The van der Waals surface area contributed by atoms with Gasteiger partial charge >= 0.3 is 11.6 Å². The molecule has 0 saturated heterocycles. The molecule has 4 rings (SSSR count). The SMILES string of the molecule is Cc1ccc(S(=O)(=O)NCCC(=O)Oc2ccc3c(C)c(Cc4ccccc4)c(=O)oc3c2C)cc1. The van der Waals surface area contributed by atoms with Crippen LogP contribution < -0.4 is 15.1 Å². The van der Waals surface area contributed by atoms with E-state index in [0.29, 0.717) is 23.1 Å². The van der Waals surface area contributed by atoms with Crippen LogP contribution in [0.25, 0.3) is 11.0 Å². The number of fused-ring (bicyclic) bond motifs is 1. The van der Waals surface area contributed by atoms with E-state index >= 15 is 0 Å². The number of carbonyl (C=O) groups is 1. The first-order valence-electron chi connectivity index (χ1n) is 11.5. The molecule has 0 spiro atoms. The van der Waals surface area contributed by atoms with Gasteiger partial charge in [0.05, 0.1) is 11.3 Å². The van der Waals surface area contributed by atoms with Crippen LogP contribution >= 0.6 is 0 Å². The van der Waals surface area contributed by atoms with Gasteiger partial charge in [0.15, 0.2) is 0 Å². The maximum Gasteiger partial charge on any atom is 0.340 e.